The quantitative estimate of drug-likeness (QED) is 0.726. The summed E-state index contributed by atoms with van der Waals surface area (Å²) in [7, 11) is 1.92. The molecule has 4 heteroatoms. The minimum Gasteiger partial charge on any atom is -0.395 e. The van der Waals surface area contributed by atoms with Gasteiger partial charge >= 0.3 is 0 Å². The highest BCUT2D eigenvalue weighted by Crippen LogP contribution is 2.04. The summed E-state index contributed by atoms with van der Waals surface area (Å²) in [5.74, 6) is 0. The van der Waals surface area contributed by atoms with Gasteiger partial charge in [0.1, 0.15) is 0 Å². The maximum atomic E-state index is 9.00. The second kappa shape index (κ2) is 5.12. The van der Waals surface area contributed by atoms with Crippen LogP contribution < -0.4 is 5.32 Å². The lowest BCUT2D eigenvalue weighted by molar-refractivity contribution is 0.238. The van der Waals surface area contributed by atoms with Gasteiger partial charge in [0.15, 0.2) is 0 Å². The molecule has 1 aromatic heterocycles. The third-order valence-corrected chi connectivity index (χ3v) is 2.41. The minimum absolute atomic E-state index is 0.189. The molecule has 0 aliphatic heterocycles. The monoisotopic (exact) mass is 197 g/mol. The summed E-state index contributed by atoms with van der Waals surface area (Å²) < 4.78 is 1.81. The highest BCUT2D eigenvalue weighted by atomic mass is 16.3. The van der Waals surface area contributed by atoms with Crippen LogP contribution in [0.25, 0.3) is 0 Å². The lowest BCUT2D eigenvalue weighted by Crippen LogP contribution is -2.31. The Bertz CT molecular complexity index is 279. The molecule has 0 bridgehead atoms. The van der Waals surface area contributed by atoms with Gasteiger partial charge in [-0.1, -0.05) is 6.92 Å². The Kier molecular flexibility index (Phi) is 4.10. The van der Waals surface area contributed by atoms with Crippen LogP contribution in [0.15, 0.2) is 6.20 Å². The smallest absolute Gasteiger partial charge is 0.0638 e. The van der Waals surface area contributed by atoms with E-state index in [1.807, 2.05) is 24.9 Å². The second-order valence-electron chi connectivity index (χ2n) is 3.58. The first-order chi connectivity index (χ1) is 6.67. The van der Waals surface area contributed by atoms with Crippen LogP contribution in [0.4, 0.5) is 0 Å². The molecule has 4 nitrogen and oxygen atoms in total. The summed E-state index contributed by atoms with van der Waals surface area (Å²) >= 11 is 0. The van der Waals surface area contributed by atoms with Gasteiger partial charge in [0.25, 0.3) is 0 Å². The summed E-state index contributed by atoms with van der Waals surface area (Å²) in [6.07, 6.45) is 2.95. The zero-order valence-electron chi connectivity index (χ0n) is 9.12. The number of nitrogens with one attached hydrogen (secondary N) is 1. The number of aliphatic hydroxyl groups excluding tert-OH is 1. The first kappa shape index (κ1) is 11.2. The number of aryl methyl sites for hydroxylation is 2. The highest BCUT2D eigenvalue weighted by Gasteiger charge is 2.06. The molecule has 0 aliphatic rings. The van der Waals surface area contributed by atoms with Crippen molar-refractivity contribution in [1.82, 2.24) is 15.1 Å². The molecule has 0 fully saturated rings. The number of aliphatic hydroxyl groups is 1. The summed E-state index contributed by atoms with van der Waals surface area (Å²) in [6.45, 7) is 5.02. The van der Waals surface area contributed by atoms with Gasteiger partial charge in [-0.25, -0.2) is 0 Å². The molecule has 0 saturated heterocycles. The number of nitrogens with zero attached hydrogens (tertiary/aromatic N) is 2. The van der Waals surface area contributed by atoms with Crippen molar-refractivity contribution in [1.29, 1.82) is 0 Å². The Labute approximate surface area is 84.9 Å². The first-order valence-electron chi connectivity index (χ1n) is 5.00. The largest absolute Gasteiger partial charge is 0.395 e. The van der Waals surface area contributed by atoms with Crippen LogP contribution in [0.1, 0.15) is 24.6 Å². The van der Waals surface area contributed by atoms with Crippen molar-refractivity contribution in [3.05, 3.63) is 17.5 Å². The summed E-state index contributed by atoms with van der Waals surface area (Å²) in [5, 5.41) is 16.5. The standard InChI is InChI=1S/C10H19N3O/c1-4-10(7-14)11-5-9-6-13(3)12-8(9)2/h6,10-11,14H,4-5,7H2,1-3H3/t10-/m0/s1. The molecule has 0 aliphatic carbocycles. The fraction of sp³-hybridized carbons (Fsp3) is 0.700. The lowest BCUT2D eigenvalue weighted by Gasteiger charge is -2.12. The summed E-state index contributed by atoms with van der Waals surface area (Å²) in [5.41, 5.74) is 2.24. The van der Waals surface area contributed by atoms with E-state index >= 15 is 0 Å². The zero-order chi connectivity index (χ0) is 10.6. The van der Waals surface area contributed by atoms with Crippen molar-refractivity contribution in [2.24, 2.45) is 7.05 Å². The average Bonchev–Trinajstić information content (AvgIpc) is 2.47. The molecule has 1 heterocycles. The number of hydrogen-bond donors (Lipinski definition) is 2. The molecule has 0 spiro atoms. The van der Waals surface area contributed by atoms with E-state index < -0.39 is 0 Å². The van der Waals surface area contributed by atoms with Gasteiger partial charge in [0.2, 0.25) is 0 Å². The molecule has 0 saturated carbocycles. The Morgan fingerprint density at radius 2 is 2.36 bits per heavy atom. The molecule has 0 amide bonds. The van der Waals surface area contributed by atoms with Crippen LogP contribution in [0.3, 0.4) is 0 Å². The predicted octanol–water partition coefficient (Wildman–Crippen LogP) is 0.589. The number of aromatic nitrogens is 2. The van der Waals surface area contributed by atoms with Gasteiger partial charge in [0.05, 0.1) is 12.3 Å². The van der Waals surface area contributed by atoms with Gasteiger partial charge in [-0.2, -0.15) is 5.10 Å². The van der Waals surface area contributed by atoms with E-state index in [1.165, 1.54) is 5.56 Å². The second-order valence-corrected chi connectivity index (χ2v) is 3.58. The van der Waals surface area contributed by atoms with E-state index in [2.05, 4.69) is 17.3 Å². The van der Waals surface area contributed by atoms with Crippen molar-refractivity contribution in [2.75, 3.05) is 6.61 Å². The lowest BCUT2D eigenvalue weighted by atomic mass is 10.2. The fourth-order valence-corrected chi connectivity index (χ4v) is 1.41. The van der Waals surface area contributed by atoms with Crippen molar-refractivity contribution < 1.29 is 5.11 Å². The maximum Gasteiger partial charge on any atom is 0.0638 e. The van der Waals surface area contributed by atoms with Crippen LogP contribution in [0, 0.1) is 6.92 Å². The zero-order valence-corrected chi connectivity index (χ0v) is 9.12. The van der Waals surface area contributed by atoms with Gasteiger partial charge in [0, 0.05) is 31.4 Å². The molecule has 0 unspecified atom stereocenters. The molecule has 1 atom stereocenters. The molecule has 1 aromatic rings. The third kappa shape index (κ3) is 2.82. The Balaban J connectivity index is 2.48. The molecule has 0 aromatic carbocycles. The van der Waals surface area contributed by atoms with Crippen molar-refractivity contribution in [3.8, 4) is 0 Å². The normalized spacial score (nSPS) is 13.1. The highest BCUT2D eigenvalue weighted by molar-refractivity contribution is 5.14. The first-order valence-corrected chi connectivity index (χ1v) is 5.00. The third-order valence-electron chi connectivity index (χ3n) is 2.41. The molecule has 80 valence electrons. The van der Waals surface area contributed by atoms with Crippen LogP contribution in [0.5, 0.6) is 0 Å². The van der Waals surface area contributed by atoms with Crippen molar-refractivity contribution in [2.45, 2.75) is 32.9 Å². The van der Waals surface area contributed by atoms with Gasteiger partial charge < -0.3 is 10.4 Å². The summed E-state index contributed by atoms with van der Waals surface area (Å²) in [6, 6.07) is 0.189. The van der Waals surface area contributed by atoms with Crippen LogP contribution in [0.2, 0.25) is 0 Å². The predicted molar refractivity (Wildman–Crippen MR) is 55.9 cm³/mol. The minimum atomic E-state index is 0.189. The molecular formula is C10H19N3O. The maximum absolute atomic E-state index is 9.00. The van der Waals surface area contributed by atoms with E-state index in [0.29, 0.717) is 0 Å². The van der Waals surface area contributed by atoms with Crippen LogP contribution >= 0.6 is 0 Å². The van der Waals surface area contributed by atoms with E-state index in [4.69, 9.17) is 5.11 Å². The molecular weight excluding hydrogens is 178 g/mol. The van der Waals surface area contributed by atoms with E-state index in [-0.39, 0.29) is 12.6 Å². The van der Waals surface area contributed by atoms with E-state index in [1.54, 1.807) is 0 Å². The number of rotatable bonds is 5. The topological polar surface area (TPSA) is 50.1 Å². The SMILES string of the molecule is CC[C@@H](CO)NCc1cn(C)nc1C. The van der Waals surface area contributed by atoms with Crippen molar-refractivity contribution in [3.63, 3.8) is 0 Å². The van der Waals surface area contributed by atoms with Crippen LogP contribution in [-0.4, -0.2) is 27.5 Å². The molecule has 1 rings (SSSR count). The number of hydrogen-bond acceptors (Lipinski definition) is 3. The van der Waals surface area contributed by atoms with Crippen molar-refractivity contribution >= 4 is 0 Å². The molecule has 14 heavy (non-hydrogen) atoms. The Hall–Kier alpha value is -0.870. The van der Waals surface area contributed by atoms with Gasteiger partial charge in [-0.15, -0.1) is 0 Å². The Morgan fingerprint density at radius 1 is 1.64 bits per heavy atom. The van der Waals surface area contributed by atoms with Gasteiger partial charge in [-0.05, 0) is 13.3 Å². The summed E-state index contributed by atoms with van der Waals surface area (Å²) in [4.78, 5) is 0. The van der Waals surface area contributed by atoms with Gasteiger partial charge in [-0.3, -0.25) is 4.68 Å². The fourth-order valence-electron chi connectivity index (χ4n) is 1.41. The van der Waals surface area contributed by atoms with E-state index in [9.17, 15) is 0 Å². The average molecular weight is 197 g/mol. The van der Waals surface area contributed by atoms with E-state index in [0.717, 1.165) is 18.7 Å². The Morgan fingerprint density at radius 3 is 2.79 bits per heavy atom. The molecule has 0 radical (unpaired) electrons. The van der Waals surface area contributed by atoms with Crippen LogP contribution in [-0.2, 0) is 13.6 Å². The molecule has 2 N–H and O–H groups in total.